The number of hydrogen-bond donors (Lipinski definition) is 0. The number of ether oxygens (including phenoxy) is 2. The number of amides is 1. The maximum atomic E-state index is 13.0. The molecule has 138 valence electrons. The van der Waals surface area contributed by atoms with E-state index in [0.717, 1.165) is 23.5 Å². The molecule has 2 aliphatic heterocycles. The van der Waals surface area contributed by atoms with Crippen LogP contribution in [0.3, 0.4) is 0 Å². The van der Waals surface area contributed by atoms with Crippen molar-refractivity contribution >= 4 is 17.2 Å². The zero-order valence-electron chi connectivity index (χ0n) is 14.6. The molecule has 1 aromatic carbocycles. The monoisotopic (exact) mass is 376 g/mol. The van der Waals surface area contributed by atoms with Crippen LogP contribution in [0.1, 0.15) is 33.9 Å². The fourth-order valence-corrected chi connectivity index (χ4v) is 4.19. The van der Waals surface area contributed by atoms with Crippen LogP contribution in [0.15, 0.2) is 29.6 Å². The van der Waals surface area contributed by atoms with Crippen LogP contribution >= 0.6 is 11.3 Å². The summed E-state index contributed by atoms with van der Waals surface area (Å²) < 4.78 is 25.0. The first-order valence-electron chi connectivity index (χ1n) is 8.74. The Bertz CT molecular complexity index is 786. The van der Waals surface area contributed by atoms with E-state index < -0.39 is 0 Å². The van der Waals surface area contributed by atoms with Crippen molar-refractivity contribution in [1.82, 2.24) is 9.88 Å². The molecule has 3 heterocycles. The van der Waals surface area contributed by atoms with Gasteiger partial charge in [-0.05, 0) is 37.6 Å². The first-order chi connectivity index (χ1) is 12.5. The highest BCUT2D eigenvalue weighted by atomic mass is 32.1. The van der Waals surface area contributed by atoms with Gasteiger partial charge in [-0.2, -0.15) is 0 Å². The van der Waals surface area contributed by atoms with E-state index in [9.17, 15) is 9.18 Å². The van der Waals surface area contributed by atoms with Gasteiger partial charge in [0.25, 0.3) is 5.91 Å². The summed E-state index contributed by atoms with van der Waals surface area (Å²) in [4.78, 5) is 18.6. The highest BCUT2D eigenvalue weighted by Gasteiger charge is 2.49. The normalized spacial score (nSPS) is 21.6. The lowest BCUT2D eigenvalue weighted by atomic mass is 9.84. The van der Waals surface area contributed by atoms with Crippen LogP contribution in [0, 0.1) is 12.7 Å². The highest BCUT2D eigenvalue weighted by molar-refractivity contribution is 7.09. The quantitative estimate of drug-likeness (QED) is 0.822. The van der Waals surface area contributed by atoms with E-state index in [1.165, 1.54) is 24.3 Å². The molecule has 0 unspecified atom stereocenters. The summed E-state index contributed by atoms with van der Waals surface area (Å²) in [6.07, 6.45) is 1.76. The molecule has 26 heavy (non-hydrogen) atoms. The summed E-state index contributed by atoms with van der Waals surface area (Å²) in [6, 6.07) is 5.66. The van der Waals surface area contributed by atoms with Crippen molar-refractivity contribution in [3.05, 3.63) is 51.7 Å². The van der Waals surface area contributed by atoms with Crippen LogP contribution in [0.2, 0.25) is 0 Å². The van der Waals surface area contributed by atoms with Gasteiger partial charge in [0.2, 0.25) is 0 Å². The summed E-state index contributed by atoms with van der Waals surface area (Å²) in [7, 11) is 0. The van der Waals surface area contributed by atoms with Gasteiger partial charge in [0, 0.05) is 24.0 Å². The van der Waals surface area contributed by atoms with Crippen LogP contribution in [0.25, 0.3) is 0 Å². The maximum absolute atomic E-state index is 13.0. The summed E-state index contributed by atoms with van der Waals surface area (Å²) in [6.45, 7) is 4.25. The third kappa shape index (κ3) is 3.65. The largest absolute Gasteiger partial charge is 0.372 e. The molecule has 2 aromatic rings. The average Bonchev–Trinajstić information content (AvgIpc) is 3.03. The number of rotatable bonds is 4. The number of benzene rings is 1. The molecule has 0 saturated carbocycles. The third-order valence-electron chi connectivity index (χ3n) is 4.92. The van der Waals surface area contributed by atoms with Gasteiger partial charge in [-0.25, -0.2) is 9.37 Å². The van der Waals surface area contributed by atoms with Gasteiger partial charge in [-0.1, -0.05) is 0 Å². The molecule has 2 saturated heterocycles. The Morgan fingerprint density at radius 3 is 2.88 bits per heavy atom. The summed E-state index contributed by atoms with van der Waals surface area (Å²) >= 11 is 1.63. The lowest BCUT2D eigenvalue weighted by Crippen LogP contribution is -2.67. The highest BCUT2D eigenvalue weighted by Crippen LogP contribution is 2.36. The zero-order valence-corrected chi connectivity index (χ0v) is 15.4. The Kier molecular flexibility index (Phi) is 4.77. The molecule has 7 heteroatoms. The van der Waals surface area contributed by atoms with Crippen LogP contribution < -0.4 is 0 Å². The van der Waals surface area contributed by atoms with Gasteiger partial charge >= 0.3 is 0 Å². The standard InChI is InChI=1S/C19H21FN2O3S/c1-13-21-16(10-26-13)9-24-17-6-7-25-19(8-17)11-22(12-19)18(23)14-2-4-15(20)5-3-14/h2-5,10,17H,6-9,11-12H2,1H3/t17-/m1/s1. The molecule has 0 radical (unpaired) electrons. The van der Waals surface area contributed by atoms with Crippen LogP contribution in [-0.2, 0) is 16.1 Å². The Hall–Kier alpha value is -1.83. The van der Waals surface area contributed by atoms with E-state index in [1.807, 2.05) is 12.3 Å². The SMILES string of the molecule is Cc1nc(CO[C@@H]2CCOC3(C2)CN(C(=O)c2ccc(F)cc2)C3)cs1. The van der Waals surface area contributed by atoms with Gasteiger partial charge in [0.1, 0.15) is 11.4 Å². The van der Waals surface area contributed by atoms with E-state index >= 15 is 0 Å². The Morgan fingerprint density at radius 1 is 1.42 bits per heavy atom. The first kappa shape index (κ1) is 17.6. The van der Waals surface area contributed by atoms with Crippen LogP contribution in [-0.4, -0.2) is 47.2 Å². The Labute approximate surface area is 155 Å². The average molecular weight is 376 g/mol. The predicted molar refractivity (Wildman–Crippen MR) is 95.6 cm³/mol. The number of aryl methyl sites for hydroxylation is 1. The second-order valence-electron chi connectivity index (χ2n) is 6.98. The molecule has 5 nitrogen and oxygen atoms in total. The molecule has 1 amide bonds. The number of carbonyl (C=O) groups is 1. The molecule has 2 fully saturated rings. The molecule has 4 rings (SSSR count). The third-order valence-corrected chi connectivity index (χ3v) is 5.74. The number of nitrogens with zero attached hydrogens (tertiary/aromatic N) is 2. The number of thiazole rings is 1. The van der Waals surface area contributed by atoms with Gasteiger partial charge in [0.05, 0.1) is 36.5 Å². The minimum Gasteiger partial charge on any atom is -0.372 e. The van der Waals surface area contributed by atoms with E-state index in [1.54, 1.807) is 16.2 Å². The molecule has 1 aromatic heterocycles. The molecule has 0 aliphatic carbocycles. The van der Waals surface area contributed by atoms with E-state index in [4.69, 9.17) is 9.47 Å². The minimum absolute atomic E-state index is 0.0831. The fourth-order valence-electron chi connectivity index (χ4n) is 3.59. The van der Waals surface area contributed by atoms with Crippen molar-refractivity contribution in [3.8, 4) is 0 Å². The number of carbonyl (C=O) groups excluding carboxylic acids is 1. The molecular formula is C19H21FN2O3S. The number of halogens is 1. The topological polar surface area (TPSA) is 51.7 Å². The number of hydrogen-bond acceptors (Lipinski definition) is 5. The lowest BCUT2D eigenvalue weighted by molar-refractivity contribution is -0.188. The second kappa shape index (κ2) is 7.06. The maximum Gasteiger partial charge on any atom is 0.254 e. The van der Waals surface area contributed by atoms with E-state index in [2.05, 4.69) is 4.98 Å². The zero-order chi connectivity index (χ0) is 18.1. The van der Waals surface area contributed by atoms with Crippen molar-refractivity contribution < 1.29 is 18.7 Å². The molecule has 0 bridgehead atoms. The van der Waals surface area contributed by atoms with Crippen molar-refractivity contribution in [2.24, 2.45) is 0 Å². The van der Waals surface area contributed by atoms with Gasteiger partial charge in [-0.15, -0.1) is 11.3 Å². The number of likely N-dealkylation sites (tertiary alicyclic amines) is 1. The molecule has 1 atom stereocenters. The minimum atomic E-state index is -0.340. The molecular weight excluding hydrogens is 355 g/mol. The van der Waals surface area contributed by atoms with Crippen molar-refractivity contribution in [1.29, 1.82) is 0 Å². The fraction of sp³-hybridized carbons (Fsp3) is 0.474. The second-order valence-corrected chi connectivity index (χ2v) is 8.05. The Balaban J connectivity index is 1.31. The summed E-state index contributed by atoms with van der Waals surface area (Å²) in [5.74, 6) is -0.423. The van der Waals surface area contributed by atoms with Gasteiger partial charge in [-0.3, -0.25) is 4.79 Å². The predicted octanol–water partition coefficient (Wildman–Crippen LogP) is 3.18. The molecule has 2 aliphatic rings. The van der Waals surface area contributed by atoms with E-state index in [0.29, 0.717) is 31.9 Å². The summed E-state index contributed by atoms with van der Waals surface area (Å²) in [5, 5.41) is 3.07. The van der Waals surface area contributed by atoms with Crippen LogP contribution in [0.5, 0.6) is 0 Å². The van der Waals surface area contributed by atoms with Crippen molar-refractivity contribution in [2.75, 3.05) is 19.7 Å². The molecule has 1 spiro atoms. The van der Waals surface area contributed by atoms with Gasteiger partial charge < -0.3 is 14.4 Å². The smallest absolute Gasteiger partial charge is 0.254 e. The molecule has 0 N–H and O–H groups in total. The number of aromatic nitrogens is 1. The summed E-state index contributed by atoms with van der Waals surface area (Å²) in [5.41, 5.74) is 1.16. The van der Waals surface area contributed by atoms with Gasteiger partial charge in [0.15, 0.2) is 0 Å². The van der Waals surface area contributed by atoms with E-state index in [-0.39, 0.29) is 23.4 Å². The first-order valence-corrected chi connectivity index (χ1v) is 9.62. The van der Waals surface area contributed by atoms with Crippen molar-refractivity contribution in [3.63, 3.8) is 0 Å². The van der Waals surface area contributed by atoms with Crippen molar-refractivity contribution in [2.45, 2.75) is 38.1 Å². The lowest BCUT2D eigenvalue weighted by Gasteiger charge is -2.53. The Morgan fingerprint density at radius 2 is 2.19 bits per heavy atom. The van der Waals surface area contributed by atoms with Crippen LogP contribution in [0.4, 0.5) is 4.39 Å².